The van der Waals surface area contributed by atoms with Gasteiger partial charge in [0.05, 0.1) is 0 Å². The lowest BCUT2D eigenvalue weighted by atomic mass is 12.0. The van der Waals surface area contributed by atoms with Gasteiger partial charge in [0, 0.05) is 1.43 Å². The van der Waals surface area contributed by atoms with E-state index in [4.69, 9.17) is 0 Å². The molecule has 0 nitrogen and oxygen atoms in total. The zero-order valence-corrected chi connectivity index (χ0v) is 0.408. The van der Waals surface area contributed by atoms with Crippen LogP contribution in [-0.2, 0) is 0 Å². The van der Waals surface area contributed by atoms with Gasteiger partial charge < -0.3 is 0 Å². The van der Waals surface area contributed by atoms with Crippen molar-refractivity contribution in [3.05, 3.63) is 0 Å². The Morgan fingerprint density at radius 1 is 0.600 bits per heavy atom. The van der Waals surface area contributed by atoms with Crippen molar-refractivity contribution >= 4 is 0 Å². The molecule has 0 unspecified atom stereocenters. The first-order valence-corrected chi connectivity index (χ1v) is 0. The summed E-state index contributed by atoms with van der Waals surface area (Å²) in [5, 5.41) is 0. The number of halogens is 1. The van der Waals surface area contributed by atoms with Crippen molar-refractivity contribution in [1.82, 2.24) is 0 Å². The maximum absolute atomic E-state index is 0. The summed E-state index contributed by atoms with van der Waals surface area (Å²) < 4.78 is 0. The van der Waals surface area contributed by atoms with Crippen molar-refractivity contribution in [1.29, 1.82) is 0 Å². The lowest BCUT2D eigenvalue weighted by Gasteiger charge is -0.269. The van der Waals surface area contributed by atoms with E-state index in [0.29, 0.717) is 0 Å². The molecule has 0 rings (SSSR count). The molecule has 0 bridgehead atoms. The Kier molecular flexibility index (Phi) is 21400000. The van der Waals surface area contributed by atoms with Gasteiger partial charge in [-0.15, -0.1) is 0 Å². The minimum absolute atomic E-state index is 0. The molecule has 5 heavy (non-hydrogen) atoms. The fourth-order valence-corrected chi connectivity index (χ4v) is 0. The second kappa shape index (κ2) is 6890. The molecule has 0 aromatic heterocycles. The van der Waals surface area contributed by atoms with E-state index in [9.17, 15) is 0 Å². The first-order valence-electron chi connectivity index (χ1n) is 0. The molecule has 0 aromatic carbocycles. The summed E-state index contributed by atoms with van der Waals surface area (Å²) in [7, 11) is 0. The van der Waals surface area contributed by atoms with E-state index in [1.807, 2.05) is 0 Å². The molecular formula is C4H19F. The molecule has 0 atom stereocenters. The van der Waals surface area contributed by atoms with Crippen molar-refractivity contribution in [3.8, 4) is 0 Å². The van der Waals surface area contributed by atoms with Gasteiger partial charge in [0.25, 0.3) is 0 Å². The van der Waals surface area contributed by atoms with Crippen LogP contribution in [0.2, 0.25) is 0 Å². The first kappa shape index (κ1) is 15500. The molecule has 1 heteroatoms. The van der Waals surface area contributed by atoms with E-state index >= 15 is 0 Å². The van der Waals surface area contributed by atoms with E-state index in [-0.39, 0.29) is 35.8 Å². The lowest BCUT2D eigenvalue weighted by Crippen LogP contribution is 0.143. The predicted molar refractivity (Wildman–Crippen MR) is 31.5 cm³/mol. The molecule has 0 saturated heterocycles. The van der Waals surface area contributed by atoms with Gasteiger partial charge in [0.15, 0.2) is 0 Å². The Morgan fingerprint density at radius 2 is 0.600 bits per heavy atom. The zero-order valence-electron chi connectivity index (χ0n) is 0.408. The minimum atomic E-state index is 0. The summed E-state index contributed by atoms with van der Waals surface area (Å²) in [4.78, 5) is 0. The molecule has 0 fully saturated rings. The molecule has 0 heterocycles. The molecule has 0 saturated carbocycles. The molecule has 0 N–H and O–H groups in total. The molecular weight excluding hydrogens is 67.0 g/mol. The number of hydrogen-bond acceptors (Lipinski definition) is 0. The van der Waals surface area contributed by atoms with E-state index in [2.05, 4.69) is 0 Å². The molecule has 0 aliphatic rings. The number of hydrogen-bond donors (Lipinski definition) is 0. The van der Waals surface area contributed by atoms with Crippen LogP contribution in [0.1, 0.15) is 31.1 Å². The highest BCUT2D eigenvalue weighted by atomic mass is 19.0. The second-order valence-corrected chi connectivity index (χ2v) is 0. The highest BCUT2D eigenvalue weighted by Gasteiger charge is -0.0745. The molecule has 0 aliphatic heterocycles. The predicted octanol–water partition coefficient (Wildman–Crippen LogP) is 2.94. The van der Waals surface area contributed by atoms with Crippen LogP contribution in [-0.4, -0.2) is 0 Å². The Hall–Kier alpha value is -0.0700. The largest absolute Gasteiger partial charge is 0.269 e. The van der Waals surface area contributed by atoms with Crippen molar-refractivity contribution in [2.24, 2.45) is 0 Å². The van der Waals surface area contributed by atoms with E-state index in [0.717, 1.165) is 0 Å². The molecule has 0 radical (unpaired) electrons. The molecule has 0 amide bonds. The van der Waals surface area contributed by atoms with Crippen LogP contribution in [0.25, 0.3) is 0 Å². The van der Waals surface area contributed by atoms with Crippen LogP contribution >= 0.6 is 0 Å². The third-order valence-electron chi connectivity index (χ3n) is 0. The number of rotatable bonds is 0. The topological polar surface area (TPSA) is 0 Å². The van der Waals surface area contributed by atoms with Crippen molar-refractivity contribution in [3.63, 3.8) is 0 Å². The molecule has 0 spiro atoms. The molecule has 0 aromatic rings. The molecule has 0 aliphatic carbocycles. The third-order valence-corrected chi connectivity index (χ3v) is 0. The van der Waals surface area contributed by atoms with E-state index in [1.165, 1.54) is 0 Å². The average molecular weight is 87.2 g/mol. The van der Waals surface area contributed by atoms with E-state index < -0.39 is 0 Å². The highest BCUT2D eigenvalue weighted by Crippen LogP contribution is 0.420. The Labute approximate surface area is 37.1 Å². The molecule has 42 valence electrons. The maximum Gasteiger partial charge on any atom is 0 e. The summed E-state index contributed by atoms with van der Waals surface area (Å²) in [6.45, 7) is 0. The maximum atomic E-state index is 0. The van der Waals surface area contributed by atoms with Crippen LogP contribution < -0.4 is 0 Å². The van der Waals surface area contributed by atoms with Gasteiger partial charge >= 0.3 is 0 Å². The summed E-state index contributed by atoms with van der Waals surface area (Å²) >= 11 is 0. The van der Waals surface area contributed by atoms with Gasteiger partial charge in [0.2, 0.25) is 0 Å². The van der Waals surface area contributed by atoms with Gasteiger partial charge in [-0.05, 0) is 0 Å². The monoisotopic (exact) mass is 87.2 g/mol. The van der Waals surface area contributed by atoms with Crippen LogP contribution in [0.5, 0.6) is 0 Å². The lowest BCUT2D eigenvalue weighted by molar-refractivity contribution is 1.11. The average Bonchev–Trinajstić information content (AvgIpc) is 0. The summed E-state index contributed by atoms with van der Waals surface area (Å²) in [6.07, 6.45) is 0. The van der Waals surface area contributed by atoms with E-state index in [1.54, 1.807) is 0 Å². The standard InChI is InChI=1S/4CH4.FH.H2/h4*1H4;2*1H/i;;;;;1+1. The zero-order chi connectivity index (χ0) is 0. The summed E-state index contributed by atoms with van der Waals surface area (Å²) in [5.74, 6) is 0. The van der Waals surface area contributed by atoms with Crippen LogP contribution in [0, 0.1) is 0 Å². The van der Waals surface area contributed by atoms with Gasteiger partial charge in [-0.3, -0.25) is 4.70 Å². The third kappa shape index (κ3) is 2990. The smallest absolute Gasteiger partial charge is 0 e. The van der Waals surface area contributed by atoms with Crippen molar-refractivity contribution in [2.75, 3.05) is 0 Å². The Morgan fingerprint density at radius 3 is 0.600 bits per heavy atom. The van der Waals surface area contributed by atoms with Crippen molar-refractivity contribution < 1.29 is 6.13 Å². The van der Waals surface area contributed by atoms with Crippen LogP contribution in [0.15, 0.2) is 0 Å². The fourth-order valence-electron chi connectivity index (χ4n) is 0. The second-order valence-electron chi connectivity index (χ2n) is 0. The van der Waals surface area contributed by atoms with Gasteiger partial charge in [0.1, 0.15) is 0 Å². The highest BCUT2D eigenvalue weighted by molar-refractivity contribution is 2.51. The normalized spacial score (nSPS) is 0. The first-order chi connectivity index (χ1) is 0. The van der Waals surface area contributed by atoms with Crippen molar-refractivity contribution in [2.45, 2.75) is 29.7 Å². The Bertz CT molecular complexity index is 7.51. The quantitative estimate of drug-likeness (QED) is 0.426. The fraction of sp³-hybridized carbons (Fsp3) is 1.00. The van der Waals surface area contributed by atoms with Gasteiger partial charge in [-0.1, -0.05) is 29.7 Å². The van der Waals surface area contributed by atoms with Crippen LogP contribution in [0.3, 0.4) is 0 Å². The SMILES string of the molecule is C.C.C.C.F.[2HH]. The van der Waals surface area contributed by atoms with Gasteiger partial charge in [-0.2, -0.15) is 0 Å². The summed E-state index contributed by atoms with van der Waals surface area (Å²) in [6, 6.07) is 0. The van der Waals surface area contributed by atoms with Gasteiger partial charge in [-0.25, -0.2) is 0 Å². The minimum Gasteiger partial charge on any atom is -0.269 e. The summed E-state index contributed by atoms with van der Waals surface area (Å²) in [5.41, 5.74) is 0. The Balaban J connectivity index is 0. The van der Waals surface area contributed by atoms with Crippen LogP contribution in [0.4, 0.5) is 4.70 Å².